The number of fused-ring (bicyclic) bond motifs is 1. The molecule has 1 N–H and O–H groups in total. The predicted molar refractivity (Wildman–Crippen MR) is 95.4 cm³/mol. The van der Waals surface area contributed by atoms with Crippen LogP contribution >= 0.6 is 11.6 Å². The maximum atomic E-state index is 12.6. The van der Waals surface area contributed by atoms with Crippen LogP contribution in [0, 0.1) is 5.92 Å². The number of hydrogen-bond donors (Lipinski definition) is 1. The number of anilines is 1. The molecule has 0 bridgehead atoms. The minimum atomic E-state index is -0.401. The summed E-state index contributed by atoms with van der Waals surface area (Å²) in [4.78, 5) is 17.4. The van der Waals surface area contributed by atoms with E-state index in [1.165, 1.54) is 0 Å². The van der Waals surface area contributed by atoms with E-state index in [4.69, 9.17) is 16.6 Å². The molecule has 0 saturated carbocycles. The number of carbonyl (C=O) groups is 1. The normalized spacial score (nSPS) is 18.5. The molecular weight excluding hydrogens is 308 g/mol. The van der Waals surface area contributed by atoms with Crippen LogP contribution in [0.5, 0.6) is 0 Å². The van der Waals surface area contributed by atoms with Gasteiger partial charge in [0, 0.05) is 16.1 Å². The van der Waals surface area contributed by atoms with E-state index >= 15 is 0 Å². The van der Waals surface area contributed by atoms with Gasteiger partial charge in [-0.2, -0.15) is 0 Å². The van der Waals surface area contributed by atoms with Gasteiger partial charge >= 0.3 is 0 Å². The number of halogens is 1. The van der Waals surface area contributed by atoms with Crippen molar-refractivity contribution in [1.29, 1.82) is 0 Å². The van der Waals surface area contributed by atoms with E-state index in [1.807, 2.05) is 42.5 Å². The van der Waals surface area contributed by atoms with Crippen LogP contribution in [0.2, 0.25) is 5.02 Å². The Morgan fingerprint density at radius 3 is 2.65 bits per heavy atom. The first kappa shape index (κ1) is 15.8. The number of hydrogen-bond acceptors (Lipinski definition) is 2. The van der Waals surface area contributed by atoms with Crippen LogP contribution < -0.4 is 5.32 Å². The Morgan fingerprint density at radius 1 is 1.22 bits per heavy atom. The summed E-state index contributed by atoms with van der Waals surface area (Å²) in [5.41, 5.74) is 3.42. The largest absolute Gasteiger partial charge is 0.324 e. The fourth-order valence-corrected chi connectivity index (χ4v) is 2.90. The molecule has 2 aromatic rings. The van der Waals surface area contributed by atoms with Crippen LogP contribution in [0.3, 0.4) is 0 Å². The van der Waals surface area contributed by atoms with Crippen molar-refractivity contribution >= 4 is 28.9 Å². The highest BCUT2D eigenvalue weighted by Crippen LogP contribution is 2.29. The molecule has 1 aliphatic rings. The van der Waals surface area contributed by atoms with Crippen LogP contribution in [0.25, 0.3) is 0 Å². The molecule has 1 amide bonds. The minimum Gasteiger partial charge on any atom is -0.324 e. The first-order valence-corrected chi connectivity index (χ1v) is 8.22. The Morgan fingerprint density at radius 2 is 1.96 bits per heavy atom. The monoisotopic (exact) mass is 326 g/mol. The number of nitrogens with one attached hydrogen (secondary N) is 1. The highest BCUT2D eigenvalue weighted by atomic mass is 35.5. The molecule has 3 nitrogen and oxygen atoms in total. The van der Waals surface area contributed by atoms with E-state index in [9.17, 15) is 4.79 Å². The van der Waals surface area contributed by atoms with E-state index in [0.29, 0.717) is 5.02 Å². The van der Waals surface area contributed by atoms with Gasteiger partial charge < -0.3 is 5.32 Å². The Labute approximate surface area is 141 Å². The van der Waals surface area contributed by atoms with Crippen molar-refractivity contribution in [3.05, 3.63) is 64.7 Å². The highest BCUT2D eigenvalue weighted by molar-refractivity contribution is 6.32. The highest BCUT2D eigenvalue weighted by Gasteiger charge is 2.29. The summed E-state index contributed by atoms with van der Waals surface area (Å²) in [5.74, 6) is 0.104. The SMILES string of the molecule is CCC(C)[C@@H]1N=C(c2ccccc2)c2cc(Cl)ccc2NC1=O. The molecule has 0 radical (unpaired) electrons. The van der Waals surface area contributed by atoms with E-state index in [2.05, 4.69) is 19.2 Å². The number of benzodiazepines with no additional fused rings is 1. The van der Waals surface area contributed by atoms with Crippen molar-refractivity contribution in [3.63, 3.8) is 0 Å². The summed E-state index contributed by atoms with van der Waals surface area (Å²) in [7, 11) is 0. The van der Waals surface area contributed by atoms with Crippen molar-refractivity contribution in [1.82, 2.24) is 0 Å². The summed E-state index contributed by atoms with van der Waals surface area (Å²) in [6.45, 7) is 4.13. The van der Waals surface area contributed by atoms with Gasteiger partial charge in [-0.25, -0.2) is 0 Å². The van der Waals surface area contributed by atoms with Gasteiger partial charge in [-0.15, -0.1) is 0 Å². The van der Waals surface area contributed by atoms with Gasteiger partial charge in [0.2, 0.25) is 5.91 Å². The van der Waals surface area contributed by atoms with Crippen LogP contribution in [0.4, 0.5) is 5.69 Å². The van der Waals surface area contributed by atoms with E-state index in [-0.39, 0.29) is 11.8 Å². The maximum Gasteiger partial charge on any atom is 0.249 e. The first-order valence-electron chi connectivity index (χ1n) is 7.84. The van der Waals surface area contributed by atoms with Crippen LogP contribution in [-0.2, 0) is 4.79 Å². The zero-order valence-corrected chi connectivity index (χ0v) is 14.0. The van der Waals surface area contributed by atoms with Crippen molar-refractivity contribution in [2.24, 2.45) is 10.9 Å². The fourth-order valence-electron chi connectivity index (χ4n) is 2.73. The van der Waals surface area contributed by atoms with Crippen molar-refractivity contribution in [2.75, 3.05) is 5.32 Å². The molecule has 0 spiro atoms. The third kappa shape index (κ3) is 3.15. The number of carbonyl (C=O) groups excluding carboxylic acids is 1. The summed E-state index contributed by atoms with van der Waals surface area (Å²) < 4.78 is 0. The molecule has 4 heteroatoms. The minimum absolute atomic E-state index is 0.0612. The molecule has 0 aliphatic carbocycles. The number of aliphatic imine (C=N–C) groups is 1. The number of rotatable bonds is 3. The second kappa shape index (κ2) is 6.55. The second-order valence-electron chi connectivity index (χ2n) is 5.85. The maximum absolute atomic E-state index is 12.6. The van der Waals surface area contributed by atoms with Gasteiger partial charge in [0.1, 0.15) is 6.04 Å². The topological polar surface area (TPSA) is 41.5 Å². The lowest BCUT2D eigenvalue weighted by atomic mass is 9.98. The zero-order chi connectivity index (χ0) is 16.4. The van der Waals surface area contributed by atoms with Gasteiger partial charge in [0.15, 0.2) is 0 Å². The average Bonchev–Trinajstić information content (AvgIpc) is 2.71. The molecule has 0 aromatic heterocycles. The van der Waals surface area contributed by atoms with Gasteiger partial charge in [-0.05, 0) is 24.1 Å². The third-order valence-corrected chi connectivity index (χ3v) is 4.50. The van der Waals surface area contributed by atoms with Crippen LogP contribution in [0.15, 0.2) is 53.5 Å². The van der Waals surface area contributed by atoms with E-state index in [0.717, 1.165) is 28.9 Å². The zero-order valence-electron chi connectivity index (χ0n) is 13.2. The fraction of sp³-hybridized carbons (Fsp3) is 0.263. The van der Waals surface area contributed by atoms with Crippen molar-refractivity contribution in [3.8, 4) is 0 Å². The lowest BCUT2D eigenvalue weighted by Crippen LogP contribution is -2.31. The summed E-state index contributed by atoms with van der Waals surface area (Å²) in [5, 5.41) is 3.63. The van der Waals surface area contributed by atoms with Gasteiger partial charge in [-0.3, -0.25) is 9.79 Å². The number of benzene rings is 2. The molecule has 3 rings (SSSR count). The molecule has 2 atom stereocenters. The molecule has 1 unspecified atom stereocenters. The van der Waals surface area contributed by atoms with Gasteiger partial charge in [0.25, 0.3) is 0 Å². The first-order chi connectivity index (χ1) is 11.1. The van der Waals surface area contributed by atoms with E-state index < -0.39 is 6.04 Å². The summed E-state index contributed by atoms with van der Waals surface area (Å²) >= 11 is 6.18. The molecule has 118 valence electrons. The Hall–Kier alpha value is -2.13. The molecule has 0 fully saturated rings. The Kier molecular flexibility index (Phi) is 4.49. The summed E-state index contributed by atoms with van der Waals surface area (Å²) in [6, 6.07) is 15.0. The number of amides is 1. The van der Waals surface area contributed by atoms with Crippen LogP contribution in [-0.4, -0.2) is 17.7 Å². The second-order valence-corrected chi connectivity index (χ2v) is 6.29. The van der Waals surface area contributed by atoms with Gasteiger partial charge in [0.05, 0.1) is 11.4 Å². The molecule has 1 heterocycles. The third-order valence-electron chi connectivity index (χ3n) is 4.26. The molecular formula is C19H19ClN2O. The Bertz CT molecular complexity index is 755. The van der Waals surface area contributed by atoms with Gasteiger partial charge in [-0.1, -0.05) is 62.2 Å². The molecule has 23 heavy (non-hydrogen) atoms. The molecule has 2 aromatic carbocycles. The molecule has 0 saturated heterocycles. The lowest BCUT2D eigenvalue weighted by Gasteiger charge is -2.17. The summed E-state index contributed by atoms with van der Waals surface area (Å²) in [6.07, 6.45) is 0.890. The quantitative estimate of drug-likeness (QED) is 0.883. The predicted octanol–water partition coefficient (Wildman–Crippen LogP) is 4.54. The standard InChI is InChI=1S/C19H19ClN2O/c1-3-12(2)17-19(23)21-16-10-9-14(20)11-15(16)18(22-17)13-7-5-4-6-8-13/h4-12,17H,3H2,1-2H3,(H,21,23)/t12?,17-/m0/s1. The number of nitrogens with zero attached hydrogens (tertiary/aromatic N) is 1. The van der Waals surface area contributed by atoms with Crippen LogP contribution in [0.1, 0.15) is 31.4 Å². The lowest BCUT2D eigenvalue weighted by molar-refractivity contribution is -0.118. The molecule has 1 aliphatic heterocycles. The van der Waals surface area contributed by atoms with Crippen molar-refractivity contribution < 1.29 is 4.79 Å². The smallest absolute Gasteiger partial charge is 0.249 e. The Balaban J connectivity index is 2.21. The average molecular weight is 327 g/mol. The van der Waals surface area contributed by atoms with E-state index in [1.54, 1.807) is 6.07 Å². The van der Waals surface area contributed by atoms with Crippen molar-refractivity contribution in [2.45, 2.75) is 26.3 Å².